The van der Waals surface area contributed by atoms with Crippen LogP contribution in [0.5, 0.6) is 0 Å². The topological polar surface area (TPSA) is 59.2 Å². The van der Waals surface area contributed by atoms with Crippen molar-refractivity contribution < 1.29 is 18.0 Å². The fourth-order valence-corrected chi connectivity index (χ4v) is 2.60. The third-order valence-electron chi connectivity index (χ3n) is 2.98. The number of rotatable bonds is 4. The molecule has 2 aromatic rings. The summed E-state index contributed by atoms with van der Waals surface area (Å²) in [5.41, 5.74) is 6.04. The number of carbonyl (C=O) groups excluding carboxylic acids is 1. The molecule has 1 amide bonds. The second kappa shape index (κ2) is 7.65. The first-order valence-corrected chi connectivity index (χ1v) is 7.23. The second-order valence-corrected chi connectivity index (χ2v) is 5.74. The van der Waals surface area contributed by atoms with Crippen LogP contribution >= 0.6 is 23.7 Å². The molecule has 0 aliphatic carbocycles. The predicted molar refractivity (Wildman–Crippen MR) is 85.4 cm³/mol. The maximum absolute atomic E-state index is 12.5. The van der Waals surface area contributed by atoms with E-state index in [2.05, 4.69) is 4.98 Å². The standard InChI is InChI=1S/C14H14F3N3OS.ClH/c1-20(7-12-19-11(8-22-12)14(15,16)17)13(21)6-9-2-4-10(18)5-3-9;/h2-5,8H,6-7,18H2,1H3;1H. The Hall–Kier alpha value is -1.80. The van der Waals surface area contributed by atoms with E-state index < -0.39 is 11.9 Å². The quantitative estimate of drug-likeness (QED) is 0.845. The van der Waals surface area contributed by atoms with Gasteiger partial charge in [-0.1, -0.05) is 12.1 Å². The van der Waals surface area contributed by atoms with E-state index in [9.17, 15) is 18.0 Å². The molecular weight excluding hydrogens is 351 g/mol. The maximum atomic E-state index is 12.5. The second-order valence-electron chi connectivity index (χ2n) is 4.79. The molecule has 1 aromatic carbocycles. The van der Waals surface area contributed by atoms with Gasteiger partial charge in [-0.15, -0.1) is 23.7 Å². The molecule has 2 N–H and O–H groups in total. The van der Waals surface area contributed by atoms with Crippen LogP contribution in [0.2, 0.25) is 0 Å². The number of likely N-dealkylation sites (N-methyl/N-ethyl adjacent to an activating group) is 1. The van der Waals surface area contributed by atoms with Gasteiger partial charge in [-0.05, 0) is 17.7 Å². The summed E-state index contributed by atoms with van der Waals surface area (Å²) in [5.74, 6) is -0.200. The van der Waals surface area contributed by atoms with Crippen molar-refractivity contribution in [3.63, 3.8) is 0 Å². The number of carbonyl (C=O) groups is 1. The van der Waals surface area contributed by atoms with Crippen LogP contribution in [0.1, 0.15) is 16.3 Å². The summed E-state index contributed by atoms with van der Waals surface area (Å²) >= 11 is 0.889. The van der Waals surface area contributed by atoms with Gasteiger partial charge in [-0.2, -0.15) is 13.2 Å². The van der Waals surface area contributed by atoms with Crippen LogP contribution in [-0.2, 0) is 23.9 Å². The molecule has 0 aliphatic rings. The van der Waals surface area contributed by atoms with Crippen molar-refractivity contribution in [2.45, 2.75) is 19.1 Å². The Labute approximate surface area is 141 Å². The van der Waals surface area contributed by atoms with E-state index in [1.165, 1.54) is 11.9 Å². The molecule has 23 heavy (non-hydrogen) atoms. The van der Waals surface area contributed by atoms with Gasteiger partial charge in [-0.3, -0.25) is 4.79 Å². The van der Waals surface area contributed by atoms with Crippen molar-refractivity contribution in [1.82, 2.24) is 9.88 Å². The normalized spacial score (nSPS) is 11.0. The Balaban J connectivity index is 0.00000264. The molecule has 9 heteroatoms. The van der Waals surface area contributed by atoms with Crippen LogP contribution in [-0.4, -0.2) is 22.8 Å². The molecule has 1 aromatic heterocycles. The Morgan fingerprint density at radius 2 is 1.91 bits per heavy atom. The summed E-state index contributed by atoms with van der Waals surface area (Å²) < 4.78 is 37.4. The van der Waals surface area contributed by atoms with Gasteiger partial charge in [0.25, 0.3) is 0 Å². The van der Waals surface area contributed by atoms with Crippen molar-refractivity contribution >= 4 is 35.3 Å². The summed E-state index contributed by atoms with van der Waals surface area (Å²) in [6.45, 7) is 0.0502. The van der Waals surface area contributed by atoms with Crippen LogP contribution in [0.4, 0.5) is 18.9 Å². The summed E-state index contributed by atoms with van der Waals surface area (Å²) in [5, 5.41) is 1.20. The van der Waals surface area contributed by atoms with Crippen LogP contribution in [0.25, 0.3) is 0 Å². The van der Waals surface area contributed by atoms with Crippen molar-refractivity contribution in [2.24, 2.45) is 0 Å². The number of nitrogens with two attached hydrogens (primary N) is 1. The first-order valence-electron chi connectivity index (χ1n) is 6.35. The van der Waals surface area contributed by atoms with Gasteiger partial charge in [0.05, 0.1) is 13.0 Å². The molecule has 0 saturated carbocycles. The van der Waals surface area contributed by atoms with Crippen LogP contribution < -0.4 is 5.73 Å². The van der Waals surface area contributed by atoms with E-state index in [1.54, 1.807) is 24.3 Å². The van der Waals surface area contributed by atoms with Crippen molar-refractivity contribution in [2.75, 3.05) is 12.8 Å². The molecule has 0 fully saturated rings. The summed E-state index contributed by atoms with van der Waals surface area (Å²) in [6, 6.07) is 6.87. The highest BCUT2D eigenvalue weighted by molar-refractivity contribution is 7.09. The highest BCUT2D eigenvalue weighted by atomic mass is 35.5. The molecule has 0 atom stereocenters. The number of nitrogen functional groups attached to an aromatic ring is 1. The SMILES string of the molecule is CN(Cc1nc(C(F)(F)F)cs1)C(=O)Cc1ccc(N)cc1.Cl. The van der Waals surface area contributed by atoms with Gasteiger partial charge >= 0.3 is 6.18 Å². The first-order chi connectivity index (χ1) is 10.3. The summed E-state index contributed by atoms with van der Waals surface area (Å²) in [6.07, 6.45) is -4.30. The lowest BCUT2D eigenvalue weighted by molar-refractivity contribution is -0.140. The number of amides is 1. The number of alkyl halides is 3. The average Bonchev–Trinajstić information content (AvgIpc) is 2.90. The van der Waals surface area contributed by atoms with Gasteiger partial charge in [0.2, 0.25) is 5.91 Å². The minimum atomic E-state index is -4.46. The lowest BCUT2D eigenvalue weighted by Gasteiger charge is -2.15. The van der Waals surface area contributed by atoms with E-state index in [0.29, 0.717) is 5.69 Å². The van der Waals surface area contributed by atoms with Gasteiger partial charge in [0, 0.05) is 18.1 Å². The molecule has 0 saturated heterocycles. The number of thiazole rings is 1. The zero-order valence-electron chi connectivity index (χ0n) is 12.1. The maximum Gasteiger partial charge on any atom is 0.434 e. The third-order valence-corrected chi connectivity index (χ3v) is 3.81. The molecule has 0 aliphatic heterocycles. The molecule has 0 bridgehead atoms. The monoisotopic (exact) mass is 365 g/mol. The molecular formula is C14H15ClF3N3OS. The third kappa shape index (κ3) is 5.40. The fraction of sp³-hybridized carbons (Fsp3) is 0.286. The Kier molecular flexibility index (Phi) is 6.40. The molecule has 0 spiro atoms. The summed E-state index contributed by atoms with van der Waals surface area (Å²) in [4.78, 5) is 16.9. The minimum absolute atomic E-state index is 0. The van der Waals surface area contributed by atoms with E-state index in [4.69, 9.17) is 5.73 Å². The highest BCUT2D eigenvalue weighted by Gasteiger charge is 2.33. The van der Waals surface area contributed by atoms with E-state index >= 15 is 0 Å². The van der Waals surface area contributed by atoms with Crippen molar-refractivity contribution in [3.8, 4) is 0 Å². The number of hydrogen-bond donors (Lipinski definition) is 1. The van der Waals surface area contributed by atoms with Gasteiger partial charge in [-0.25, -0.2) is 4.98 Å². The number of nitrogens with zero attached hydrogens (tertiary/aromatic N) is 2. The van der Waals surface area contributed by atoms with Gasteiger partial charge < -0.3 is 10.6 Å². The Morgan fingerprint density at radius 3 is 2.43 bits per heavy atom. The van der Waals surface area contributed by atoms with Crippen LogP contribution in [0.3, 0.4) is 0 Å². The molecule has 0 radical (unpaired) electrons. The molecule has 2 rings (SSSR count). The highest BCUT2D eigenvalue weighted by Crippen LogP contribution is 2.30. The van der Waals surface area contributed by atoms with Gasteiger partial charge in [0.1, 0.15) is 5.01 Å². The average molecular weight is 366 g/mol. The zero-order chi connectivity index (χ0) is 16.3. The van der Waals surface area contributed by atoms with Gasteiger partial charge in [0.15, 0.2) is 5.69 Å². The van der Waals surface area contributed by atoms with E-state index in [-0.39, 0.29) is 36.3 Å². The Morgan fingerprint density at radius 1 is 1.30 bits per heavy atom. The first kappa shape index (κ1) is 19.2. The minimum Gasteiger partial charge on any atom is -0.399 e. The van der Waals surface area contributed by atoms with Crippen LogP contribution in [0, 0.1) is 0 Å². The smallest absolute Gasteiger partial charge is 0.399 e. The lowest BCUT2D eigenvalue weighted by atomic mass is 10.1. The largest absolute Gasteiger partial charge is 0.434 e. The van der Waals surface area contributed by atoms with E-state index in [1.807, 2.05) is 0 Å². The lowest BCUT2D eigenvalue weighted by Crippen LogP contribution is -2.27. The number of benzene rings is 1. The number of halogens is 4. The molecule has 0 unspecified atom stereocenters. The number of anilines is 1. The van der Waals surface area contributed by atoms with Crippen LogP contribution in [0.15, 0.2) is 29.6 Å². The Bertz CT molecular complexity index is 658. The summed E-state index contributed by atoms with van der Waals surface area (Å²) in [7, 11) is 1.54. The zero-order valence-corrected chi connectivity index (χ0v) is 13.8. The predicted octanol–water partition coefficient (Wildman–Crippen LogP) is 3.37. The molecule has 1 heterocycles. The number of aromatic nitrogens is 1. The molecule has 126 valence electrons. The fourth-order valence-electron chi connectivity index (χ4n) is 1.75. The van der Waals surface area contributed by atoms with E-state index in [0.717, 1.165) is 22.3 Å². The van der Waals surface area contributed by atoms with Crippen molar-refractivity contribution in [3.05, 3.63) is 45.9 Å². The molecule has 4 nitrogen and oxygen atoms in total. The number of hydrogen-bond acceptors (Lipinski definition) is 4. The van der Waals surface area contributed by atoms with Crippen molar-refractivity contribution in [1.29, 1.82) is 0 Å².